The van der Waals surface area contributed by atoms with Gasteiger partial charge in [-0.1, -0.05) is 0 Å². The molecule has 0 saturated carbocycles. The zero-order valence-corrected chi connectivity index (χ0v) is 9.46. The van der Waals surface area contributed by atoms with Crippen LogP contribution in [0.15, 0.2) is 30.7 Å². The van der Waals surface area contributed by atoms with Crippen LogP contribution in [0.4, 0.5) is 0 Å². The van der Waals surface area contributed by atoms with Gasteiger partial charge in [-0.2, -0.15) is 12.1 Å². The molecule has 1 radical (unpaired) electrons. The smallest absolute Gasteiger partial charge is 0.0567 e. The zero-order chi connectivity index (χ0) is 8.39. The van der Waals surface area contributed by atoms with Crippen LogP contribution in [0.5, 0.6) is 0 Å². The van der Waals surface area contributed by atoms with Crippen molar-refractivity contribution < 1.29 is 20.1 Å². The quantitative estimate of drug-likeness (QED) is 0.726. The Morgan fingerprint density at radius 2 is 2.15 bits per heavy atom. The van der Waals surface area contributed by atoms with Crippen LogP contribution in [0, 0.1) is 6.07 Å². The Labute approximate surface area is 90.2 Å². The van der Waals surface area contributed by atoms with Crippen LogP contribution >= 0.6 is 0 Å². The van der Waals surface area contributed by atoms with Crippen molar-refractivity contribution in [2.45, 2.75) is 0 Å². The average molecular weight is 350 g/mol. The van der Waals surface area contributed by atoms with E-state index in [0.717, 1.165) is 11.5 Å². The second-order valence-electron chi connectivity index (χ2n) is 2.49. The molecule has 13 heavy (non-hydrogen) atoms. The Balaban J connectivity index is 0.000000845. The number of aryl methyl sites for hydroxylation is 1. The Morgan fingerprint density at radius 1 is 1.31 bits per heavy atom. The van der Waals surface area contributed by atoms with Gasteiger partial charge in [-0.25, -0.2) is 0 Å². The van der Waals surface area contributed by atoms with Crippen molar-refractivity contribution in [3.05, 3.63) is 36.8 Å². The average Bonchev–Trinajstić information content (AvgIpc) is 2.53. The van der Waals surface area contributed by atoms with Crippen LogP contribution in [0.25, 0.3) is 11.5 Å². The third-order valence-corrected chi connectivity index (χ3v) is 1.64. The first-order chi connectivity index (χ1) is 5.88. The van der Waals surface area contributed by atoms with Crippen LogP contribution in [0.2, 0.25) is 0 Å². The molecule has 2 rings (SSSR count). The molecule has 2 heterocycles. The van der Waals surface area contributed by atoms with Crippen LogP contribution < -0.4 is 0 Å². The van der Waals surface area contributed by atoms with E-state index in [9.17, 15) is 0 Å². The van der Waals surface area contributed by atoms with Crippen molar-refractivity contribution in [1.82, 2.24) is 14.5 Å². The van der Waals surface area contributed by atoms with Crippen molar-refractivity contribution in [2.75, 3.05) is 0 Å². The van der Waals surface area contributed by atoms with E-state index in [0.29, 0.717) is 0 Å². The van der Waals surface area contributed by atoms with Crippen LogP contribution in [0.1, 0.15) is 0 Å². The maximum absolute atomic E-state index is 4.16. The number of nitrogens with zero attached hydrogens (tertiary/aromatic N) is 3. The number of aromatic nitrogens is 3. The Hall–Kier alpha value is -0.991. The Bertz CT molecular complexity index is 369. The second-order valence-corrected chi connectivity index (χ2v) is 2.49. The van der Waals surface area contributed by atoms with Crippen molar-refractivity contribution >= 4 is 0 Å². The Morgan fingerprint density at radius 3 is 2.69 bits per heavy atom. The molecule has 0 aromatic carbocycles. The molecule has 0 amide bonds. The summed E-state index contributed by atoms with van der Waals surface area (Å²) in [6.07, 6.45) is 5.37. The van der Waals surface area contributed by atoms with E-state index in [2.05, 4.69) is 16.0 Å². The molecule has 4 heteroatoms. The molecule has 0 N–H and O–H groups in total. The van der Waals surface area contributed by atoms with Gasteiger partial charge in [0.1, 0.15) is 0 Å². The molecule has 0 aliphatic rings. The monoisotopic (exact) mass is 351 g/mol. The first kappa shape index (κ1) is 10.1. The molecule has 3 nitrogen and oxygen atoms in total. The number of hydrogen-bond donors (Lipinski definition) is 0. The molecule has 0 bridgehead atoms. The first-order valence-electron chi connectivity index (χ1n) is 3.68. The second kappa shape index (κ2) is 4.30. The predicted octanol–water partition coefficient (Wildman–Crippen LogP) is 1.28. The van der Waals surface area contributed by atoms with Crippen molar-refractivity contribution in [1.29, 1.82) is 0 Å². The molecule has 0 spiro atoms. The number of rotatable bonds is 1. The van der Waals surface area contributed by atoms with E-state index in [1.54, 1.807) is 12.4 Å². The summed E-state index contributed by atoms with van der Waals surface area (Å²) in [5.74, 6) is 0.843. The molecular weight excluding hydrogens is 342 g/mol. The molecule has 69 valence electrons. The van der Waals surface area contributed by atoms with E-state index in [1.165, 1.54) is 0 Å². The predicted molar refractivity (Wildman–Crippen MR) is 45.3 cm³/mol. The summed E-state index contributed by atoms with van der Waals surface area (Å²) in [7, 11) is 1.94. The van der Waals surface area contributed by atoms with Gasteiger partial charge in [-0.3, -0.25) is 9.97 Å². The fourth-order valence-corrected chi connectivity index (χ4v) is 1.04. The van der Waals surface area contributed by atoms with Gasteiger partial charge in [0.15, 0.2) is 0 Å². The topological polar surface area (TPSA) is 30.7 Å². The van der Waals surface area contributed by atoms with Gasteiger partial charge in [0.05, 0.1) is 5.82 Å². The molecular formula is C9H8IrN3-. The van der Waals surface area contributed by atoms with E-state index >= 15 is 0 Å². The number of imidazole rings is 1. The fourth-order valence-electron chi connectivity index (χ4n) is 1.04. The maximum atomic E-state index is 4.16. The van der Waals surface area contributed by atoms with Crippen molar-refractivity contribution in [2.24, 2.45) is 7.05 Å². The Kier molecular flexibility index (Phi) is 3.34. The van der Waals surface area contributed by atoms with Crippen LogP contribution in [-0.4, -0.2) is 14.5 Å². The summed E-state index contributed by atoms with van der Waals surface area (Å²) in [6.45, 7) is 0. The zero-order valence-electron chi connectivity index (χ0n) is 7.06. The third-order valence-electron chi connectivity index (χ3n) is 1.64. The minimum absolute atomic E-state index is 0. The standard InChI is InChI=1S/C9H8N3.Ir/c1-12-7-6-11-9(12)8-4-2-3-5-10-8;/h2-3,5-7H,1H3;/q-1;. The van der Waals surface area contributed by atoms with E-state index < -0.39 is 0 Å². The number of hydrogen-bond acceptors (Lipinski definition) is 2. The minimum Gasteiger partial charge on any atom is -0.385 e. The molecule has 0 aliphatic heterocycles. The third kappa shape index (κ3) is 2.02. The van der Waals surface area contributed by atoms with Gasteiger partial charge in [0.25, 0.3) is 0 Å². The summed E-state index contributed by atoms with van der Waals surface area (Å²) in [5.41, 5.74) is 0.782. The molecule has 2 aromatic heterocycles. The van der Waals surface area contributed by atoms with Gasteiger partial charge in [0.2, 0.25) is 0 Å². The maximum Gasteiger partial charge on any atom is 0.0567 e. The summed E-state index contributed by atoms with van der Waals surface area (Å²) >= 11 is 0. The minimum atomic E-state index is 0. The van der Waals surface area contributed by atoms with Gasteiger partial charge in [0, 0.05) is 39.5 Å². The summed E-state index contributed by atoms with van der Waals surface area (Å²) in [4.78, 5) is 8.30. The molecule has 0 unspecified atom stereocenters. The molecule has 0 aliphatic carbocycles. The van der Waals surface area contributed by atoms with E-state index in [-0.39, 0.29) is 20.1 Å². The fraction of sp³-hybridized carbons (Fsp3) is 0.111. The summed E-state index contributed by atoms with van der Waals surface area (Å²) < 4.78 is 1.92. The normalized spacial score (nSPS) is 9.31. The number of pyridine rings is 1. The summed E-state index contributed by atoms with van der Waals surface area (Å²) in [5, 5.41) is 0. The van der Waals surface area contributed by atoms with Crippen LogP contribution in [0.3, 0.4) is 0 Å². The van der Waals surface area contributed by atoms with Gasteiger partial charge < -0.3 is 4.57 Å². The molecule has 2 aromatic rings. The summed E-state index contributed by atoms with van der Waals surface area (Å²) in [6, 6.07) is 6.69. The van der Waals surface area contributed by atoms with Gasteiger partial charge in [-0.15, -0.1) is 6.07 Å². The molecule has 0 saturated heterocycles. The van der Waals surface area contributed by atoms with E-state index in [4.69, 9.17) is 0 Å². The van der Waals surface area contributed by atoms with Crippen molar-refractivity contribution in [3.8, 4) is 11.5 Å². The van der Waals surface area contributed by atoms with Gasteiger partial charge in [-0.05, 0) is 11.9 Å². The van der Waals surface area contributed by atoms with E-state index in [1.807, 2.05) is 29.9 Å². The SMILES string of the molecule is Cn1ccnc1-c1[c-]cccn1.[Ir]. The van der Waals surface area contributed by atoms with Crippen LogP contribution in [-0.2, 0) is 27.2 Å². The first-order valence-corrected chi connectivity index (χ1v) is 3.68. The molecule has 0 fully saturated rings. The van der Waals surface area contributed by atoms with Gasteiger partial charge >= 0.3 is 0 Å². The van der Waals surface area contributed by atoms with Crippen molar-refractivity contribution in [3.63, 3.8) is 0 Å². The largest absolute Gasteiger partial charge is 0.385 e. The molecule has 0 atom stereocenters.